The zero-order chi connectivity index (χ0) is 14.2. The van der Waals surface area contributed by atoms with E-state index in [2.05, 4.69) is 34.8 Å². The van der Waals surface area contributed by atoms with Gasteiger partial charge in [0.2, 0.25) is 0 Å². The second-order valence-electron chi connectivity index (χ2n) is 5.02. The highest BCUT2D eigenvalue weighted by atomic mass is 79.9. The van der Waals surface area contributed by atoms with Crippen molar-refractivity contribution in [3.05, 3.63) is 36.7 Å². The lowest BCUT2D eigenvalue weighted by molar-refractivity contribution is -0.685. The lowest BCUT2D eigenvalue weighted by Gasteiger charge is -2.04. The summed E-state index contributed by atoms with van der Waals surface area (Å²) < 4.78 is 7.78. The van der Waals surface area contributed by atoms with Gasteiger partial charge < -0.3 is 21.7 Å². The maximum absolute atomic E-state index is 5.48. The molecule has 0 aliphatic rings. The van der Waals surface area contributed by atoms with Crippen LogP contribution in [0.25, 0.3) is 11.4 Å². The molecule has 21 heavy (non-hydrogen) atoms. The number of nitrogens with one attached hydrogen (secondary N) is 1. The molecule has 3 nitrogen and oxygen atoms in total. The van der Waals surface area contributed by atoms with E-state index in [9.17, 15) is 0 Å². The summed E-state index contributed by atoms with van der Waals surface area (Å²) in [6, 6.07) is 8.28. The molecule has 1 aromatic carbocycles. The number of aromatic nitrogens is 2. The molecule has 0 bridgehead atoms. The third-order valence-corrected chi connectivity index (χ3v) is 3.45. The van der Waals surface area contributed by atoms with Crippen molar-refractivity contribution < 1.29 is 26.3 Å². The van der Waals surface area contributed by atoms with Crippen molar-refractivity contribution in [2.45, 2.75) is 46.1 Å². The minimum absolute atomic E-state index is 0. The number of aryl methyl sites for hydroxylation is 1. The second kappa shape index (κ2) is 9.61. The van der Waals surface area contributed by atoms with E-state index in [0.717, 1.165) is 12.3 Å². The summed E-state index contributed by atoms with van der Waals surface area (Å²) in [6.45, 7) is 6.03. The van der Waals surface area contributed by atoms with Crippen LogP contribution in [0, 0.1) is 0 Å². The van der Waals surface area contributed by atoms with Crippen LogP contribution in [0.5, 0.6) is 5.75 Å². The maximum atomic E-state index is 5.48. The Morgan fingerprint density at radius 2 is 1.81 bits per heavy atom. The SMILES string of the molecule is CCCCCC[n+]1cc[nH]c1-c1ccc(OCC)cc1.[Br-]. The Morgan fingerprint density at radius 1 is 1.05 bits per heavy atom. The Balaban J connectivity index is 0.00000220. The molecule has 0 amide bonds. The average molecular weight is 353 g/mol. The van der Waals surface area contributed by atoms with E-state index in [1.807, 2.05) is 25.3 Å². The summed E-state index contributed by atoms with van der Waals surface area (Å²) in [5.41, 5.74) is 1.20. The number of ether oxygens (including phenoxy) is 1. The Morgan fingerprint density at radius 3 is 2.48 bits per heavy atom. The molecule has 0 fully saturated rings. The van der Waals surface area contributed by atoms with E-state index in [1.54, 1.807) is 0 Å². The van der Waals surface area contributed by atoms with Gasteiger partial charge in [0.05, 0.1) is 18.7 Å². The first kappa shape index (κ1) is 17.8. The van der Waals surface area contributed by atoms with Crippen molar-refractivity contribution in [2.24, 2.45) is 0 Å². The highest BCUT2D eigenvalue weighted by Gasteiger charge is 2.12. The van der Waals surface area contributed by atoms with Crippen molar-refractivity contribution in [1.82, 2.24) is 4.98 Å². The van der Waals surface area contributed by atoms with Crippen LogP contribution in [0.1, 0.15) is 39.5 Å². The van der Waals surface area contributed by atoms with Gasteiger partial charge in [-0.1, -0.05) is 19.8 Å². The first-order valence-corrected chi connectivity index (χ1v) is 7.65. The molecule has 1 aromatic heterocycles. The third-order valence-electron chi connectivity index (χ3n) is 3.45. The van der Waals surface area contributed by atoms with Crippen molar-refractivity contribution >= 4 is 0 Å². The highest BCUT2D eigenvalue weighted by molar-refractivity contribution is 5.53. The zero-order valence-electron chi connectivity index (χ0n) is 12.9. The molecule has 0 atom stereocenters. The molecule has 0 unspecified atom stereocenters. The molecule has 0 radical (unpaired) electrons. The van der Waals surface area contributed by atoms with Gasteiger partial charge in [-0.25, -0.2) is 9.55 Å². The summed E-state index contributed by atoms with van der Waals surface area (Å²) in [5.74, 6) is 2.10. The van der Waals surface area contributed by atoms with Gasteiger partial charge in [0.25, 0.3) is 5.82 Å². The summed E-state index contributed by atoms with van der Waals surface area (Å²) in [7, 11) is 0. The minimum Gasteiger partial charge on any atom is -1.00 e. The van der Waals surface area contributed by atoms with Crippen LogP contribution in [0.15, 0.2) is 36.7 Å². The van der Waals surface area contributed by atoms with Crippen molar-refractivity contribution in [1.29, 1.82) is 0 Å². The van der Waals surface area contributed by atoms with Gasteiger partial charge in [-0.2, -0.15) is 0 Å². The molecule has 1 N–H and O–H groups in total. The number of hydrogen-bond donors (Lipinski definition) is 1. The number of rotatable bonds is 8. The number of aromatic amines is 1. The zero-order valence-corrected chi connectivity index (χ0v) is 14.5. The van der Waals surface area contributed by atoms with E-state index < -0.39 is 0 Å². The minimum atomic E-state index is 0. The van der Waals surface area contributed by atoms with Crippen LogP contribution in [-0.2, 0) is 6.54 Å². The molecule has 0 aliphatic heterocycles. The highest BCUT2D eigenvalue weighted by Crippen LogP contribution is 2.18. The predicted octanol–water partition coefficient (Wildman–Crippen LogP) is 0.952. The quantitative estimate of drug-likeness (QED) is 0.556. The molecule has 2 aromatic rings. The summed E-state index contributed by atoms with van der Waals surface area (Å²) >= 11 is 0. The topological polar surface area (TPSA) is 28.9 Å². The van der Waals surface area contributed by atoms with Crippen molar-refractivity contribution in [3.8, 4) is 17.1 Å². The largest absolute Gasteiger partial charge is 1.00 e. The summed E-state index contributed by atoms with van der Waals surface area (Å²) in [5, 5.41) is 0. The Bertz CT molecular complexity index is 508. The Hall–Kier alpha value is -1.29. The van der Waals surface area contributed by atoms with E-state index >= 15 is 0 Å². The molecule has 0 saturated carbocycles. The number of imidazole rings is 1. The number of unbranched alkanes of at least 4 members (excludes halogenated alkanes) is 3. The van der Waals surface area contributed by atoms with Gasteiger partial charge >= 0.3 is 0 Å². The molecule has 0 aliphatic carbocycles. The van der Waals surface area contributed by atoms with Crippen LogP contribution in [-0.4, -0.2) is 11.6 Å². The van der Waals surface area contributed by atoms with Crippen LogP contribution < -0.4 is 26.3 Å². The third kappa shape index (κ3) is 5.20. The van der Waals surface area contributed by atoms with Crippen molar-refractivity contribution in [2.75, 3.05) is 6.61 Å². The first-order chi connectivity index (χ1) is 9.85. The molecule has 2 rings (SSSR count). The molecular weight excluding hydrogens is 328 g/mol. The van der Waals surface area contributed by atoms with Crippen LogP contribution in [0.3, 0.4) is 0 Å². The van der Waals surface area contributed by atoms with Gasteiger partial charge in [-0.3, -0.25) is 0 Å². The molecular formula is C17H25BrN2O. The number of benzene rings is 1. The smallest absolute Gasteiger partial charge is 0.286 e. The number of H-pyrrole nitrogens is 1. The van der Waals surface area contributed by atoms with Gasteiger partial charge in [0.1, 0.15) is 18.1 Å². The normalized spacial score (nSPS) is 10.2. The average Bonchev–Trinajstić information content (AvgIpc) is 2.93. The molecule has 0 spiro atoms. The number of hydrogen-bond acceptors (Lipinski definition) is 1. The first-order valence-electron chi connectivity index (χ1n) is 7.65. The molecule has 1 heterocycles. The number of nitrogens with zero attached hydrogens (tertiary/aromatic N) is 1. The fraction of sp³-hybridized carbons (Fsp3) is 0.471. The monoisotopic (exact) mass is 352 g/mol. The van der Waals surface area contributed by atoms with Gasteiger partial charge in [-0.15, -0.1) is 0 Å². The summed E-state index contributed by atoms with van der Waals surface area (Å²) in [6.07, 6.45) is 9.27. The lowest BCUT2D eigenvalue weighted by atomic mass is 10.2. The van der Waals surface area contributed by atoms with Crippen LogP contribution in [0.2, 0.25) is 0 Å². The van der Waals surface area contributed by atoms with E-state index in [1.165, 1.54) is 37.1 Å². The van der Waals surface area contributed by atoms with Crippen LogP contribution >= 0.6 is 0 Å². The maximum Gasteiger partial charge on any atom is 0.286 e. The van der Waals surface area contributed by atoms with E-state index in [-0.39, 0.29) is 17.0 Å². The Labute approximate surface area is 138 Å². The molecule has 116 valence electrons. The van der Waals surface area contributed by atoms with Gasteiger partial charge in [-0.05, 0) is 44.0 Å². The molecule has 4 heteroatoms. The van der Waals surface area contributed by atoms with E-state index in [0.29, 0.717) is 6.61 Å². The Kier molecular flexibility index (Phi) is 8.13. The number of halogens is 1. The van der Waals surface area contributed by atoms with Gasteiger partial charge in [0, 0.05) is 0 Å². The van der Waals surface area contributed by atoms with Gasteiger partial charge in [0.15, 0.2) is 0 Å². The van der Waals surface area contributed by atoms with Crippen LogP contribution in [0.4, 0.5) is 0 Å². The fourth-order valence-corrected chi connectivity index (χ4v) is 2.38. The van der Waals surface area contributed by atoms with E-state index in [4.69, 9.17) is 4.74 Å². The lowest BCUT2D eigenvalue weighted by Crippen LogP contribution is -3.00. The predicted molar refractivity (Wildman–Crippen MR) is 81.7 cm³/mol. The standard InChI is InChI=1S/C17H24N2O.BrH/c1-3-5-6-7-13-19-14-12-18-17(19)15-8-10-16(11-9-15)20-4-2;/h8-12,14H,3-7,13H2,1-2H3;1H. The summed E-state index contributed by atoms with van der Waals surface area (Å²) in [4.78, 5) is 3.34. The van der Waals surface area contributed by atoms with Crippen molar-refractivity contribution in [3.63, 3.8) is 0 Å². The fourth-order valence-electron chi connectivity index (χ4n) is 2.38. The molecule has 0 saturated heterocycles. The second-order valence-corrected chi connectivity index (χ2v) is 5.02.